The Bertz CT molecular complexity index is 813. The van der Waals surface area contributed by atoms with Crippen LogP contribution in [-0.4, -0.2) is 21.3 Å². The fraction of sp³-hybridized carbons (Fsp3) is 0.586. The molecule has 0 unspecified atom stereocenters. The van der Waals surface area contributed by atoms with Gasteiger partial charge in [-0.25, -0.2) is 0 Å². The van der Waals surface area contributed by atoms with E-state index in [1.165, 1.54) is 89.5 Å². The van der Waals surface area contributed by atoms with Crippen molar-refractivity contribution in [2.24, 2.45) is 0 Å². The van der Waals surface area contributed by atoms with Crippen LogP contribution in [-0.2, 0) is 11.0 Å². The van der Waals surface area contributed by atoms with Gasteiger partial charge < -0.3 is 9.16 Å². The molecule has 2 aromatic rings. The molecule has 2 rings (SSSR count). The number of ether oxygens (including phenoxy) is 1. The number of para-hydroxylation sites is 1. The Morgan fingerprint density at radius 3 is 1.86 bits per heavy atom. The molecule has 0 aliphatic carbocycles. The lowest BCUT2D eigenvalue weighted by atomic mass is 10.0. The molecule has 194 valence electrons. The van der Waals surface area contributed by atoms with E-state index in [4.69, 9.17) is 9.16 Å². The first-order chi connectivity index (χ1) is 17.2. The third-order valence-electron chi connectivity index (χ3n) is 6.40. The van der Waals surface area contributed by atoms with E-state index in [0.29, 0.717) is 5.56 Å². The predicted octanol–water partition coefficient (Wildman–Crippen LogP) is 7.38. The maximum Gasteiger partial charge on any atom is 0.274 e. The van der Waals surface area contributed by atoms with Gasteiger partial charge in [0.1, 0.15) is 5.75 Å². The SMILES string of the molecule is CCCCCCCCCCCCCCCCOc1ccc([SiH2]OCc2ccccc2[N+](=O)[O-])cc1. The normalized spacial score (nSPS) is 11.3. The first kappa shape index (κ1) is 29.0. The van der Waals surface area contributed by atoms with Crippen LogP contribution in [0.25, 0.3) is 0 Å². The van der Waals surface area contributed by atoms with Crippen LogP contribution in [0.15, 0.2) is 48.5 Å². The van der Waals surface area contributed by atoms with Crippen molar-refractivity contribution in [3.63, 3.8) is 0 Å². The maximum absolute atomic E-state index is 11.1. The molecule has 0 fully saturated rings. The van der Waals surface area contributed by atoms with Gasteiger partial charge in [-0.15, -0.1) is 0 Å². The number of nitro groups is 1. The minimum atomic E-state index is -0.938. The number of rotatable bonds is 21. The molecule has 0 spiro atoms. The molecule has 0 aliphatic rings. The zero-order valence-electron chi connectivity index (χ0n) is 21.7. The molecule has 0 saturated heterocycles. The molecular formula is C29H45NO4Si. The van der Waals surface area contributed by atoms with Crippen molar-refractivity contribution in [3.8, 4) is 5.75 Å². The molecule has 0 radical (unpaired) electrons. The highest BCUT2D eigenvalue weighted by molar-refractivity contribution is 6.46. The van der Waals surface area contributed by atoms with E-state index in [0.717, 1.165) is 24.0 Å². The lowest BCUT2D eigenvalue weighted by Crippen LogP contribution is -2.17. The molecule has 0 amide bonds. The molecule has 6 heteroatoms. The molecule has 0 heterocycles. The van der Waals surface area contributed by atoms with Crippen molar-refractivity contribution in [2.75, 3.05) is 6.61 Å². The summed E-state index contributed by atoms with van der Waals surface area (Å²) in [6.07, 6.45) is 19.1. The lowest BCUT2D eigenvalue weighted by Gasteiger charge is -2.08. The van der Waals surface area contributed by atoms with Crippen LogP contribution in [0.2, 0.25) is 0 Å². The van der Waals surface area contributed by atoms with E-state index >= 15 is 0 Å². The van der Waals surface area contributed by atoms with Gasteiger partial charge in [0.15, 0.2) is 9.76 Å². The first-order valence-electron chi connectivity index (χ1n) is 13.7. The van der Waals surface area contributed by atoms with E-state index in [-0.39, 0.29) is 17.2 Å². The molecule has 0 bridgehead atoms. The Morgan fingerprint density at radius 1 is 0.743 bits per heavy atom. The Kier molecular flexibility index (Phi) is 15.8. The summed E-state index contributed by atoms with van der Waals surface area (Å²) in [4.78, 5) is 10.7. The fourth-order valence-electron chi connectivity index (χ4n) is 4.26. The molecule has 0 aromatic heterocycles. The van der Waals surface area contributed by atoms with Gasteiger partial charge in [0.2, 0.25) is 0 Å². The number of hydrogen-bond donors (Lipinski definition) is 0. The minimum Gasteiger partial charge on any atom is -0.494 e. The van der Waals surface area contributed by atoms with Crippen LogP contribution >= 0.6 is 0 Å². The third kappa shape index (κ3) is 13.5. The molecule has 5 nitrogen and oxygen atoms in total. The second-order valence-electron chi connectivity index (χ2n) is 9.47. The molecule has 0 N–H and O–H groups in total. The molecule has 0 aliphatic heterocycles. The molecule has 35 heavy (non-hydrogen) atoms. The van der Waals surface area contributed by atoms with Gasteiger partial charge in [-0.2, -0.15) is 0 Å². The standard InChI is InChI=1S/C29H45NO4Si/c1-2-3-4-5-6-7-8-9-10-11-12-13-14-17-24-33-27-20-22-28(23-21-27)35-34-25-26-18-15-16-19-29(26)30(31)32/h15-16,18-23H,2-14,17,24-25,35H2,1H3. The van der Waals surface area contributed by atoms with Crippen molar-refractivity contribution < 1.29 is 14.1 Å². The second kappa shape index (κ2) is 19.1. The average molecular weight is 500 g/mol. The predicted molar refractivity (Wildman–Crippen MR) is 148 cm³/mol. The van der Waals surface area contributed by atoms with Gasteiger partial charge in [0, 0.05) is 6.07 Å². The van der Waals surface area contributed by atoms with Crippen LogP contribution in [0.1, 0.15) is 102 Å². The van der Waals surface area contributed by atoms with Gasteiger partial charge in [-0.3, -0.25) is 10.1 Å². The van der Waals surface area contributed by atoms with Crippen molar-refractivity contribution >= 4 is 20.6 Å². The van der Waals surface area contributed by atoms with Crippen LogP contribution in [0.5, 0.6) is 5.75 Å². The van der Waals surface area contributed by atoms with Gasteiger partial charge in [-0.05, 0) is 29.8 Å². The minimum absolute atomic E-state index is 0.119. The van der Waals surface area contributed by atoms with Crippen molar-refractivity contribution in [1.29, 1.82) is 0 Å². The Labute approximate surface area is 214 Å². The first-order valence-corrected chi connectivity index (χ1v) is 15.0. The van der Waals surface area contributed by atoms with Crippen LogP contribution in [0.3, 0.4) is 0 Å². The van der Waals surface area contributed by atoms with Crippen LogP contribution in [0.4, 0.5) is 5.69 Å². The van der Waals surface area contributed by atoms with E-state index in [1.54, 1.807) is 18.2 Å². The Hall–Kier alpha value is -2.18. The summed E-state index contributed by atoms with van der Waals surface area (Å²) >= 11 is 0. The molecule has 0 atom stereocenters. The summed E-state index contributed by atoms with van der Waals surface area (Å²) in [6, 6.07) is 14.8. The van der Waals surface area contributed by atoms with Gasteiger partial charge >= 0.3 is 0 Å². The fourth-order valence-corrected chi connectivity index (χ4v) is 5.24. The monoisotopic (exact) mass is 499 g/mol. The molecular weight excluding hydrogens is 454 g/mol. The van der Waals surface area contributed by atoms with Gasteiger partial charge in [0.05, 0.1) is 23.7 Å². The Morgan fingerprint density at radius 2 is 1.29 bits per heavy atom. The van der Waals surface area contributed by atoms with Crippen LogP contribution < -0.4 is 9.92 Å². The van der Waals surface area contributed by atoms with Crippen LogP contribution in [0, 0.1) is 10.1 Å². The lowest BCUT2D eigenvalue weighted by molar-refractivity contribution is -0.385. The van der Waals surface area contributed by atoms with E-state index in [2.05, 4.69) is 6.92 Å². The van der Waals surface area contributed by atoms with E-state index < -0.39 is 9.76 Å². The summed E-state index contributed by atoms with van der Waals surface area (Å²) in [5, 5.41) is 12.2. The van der Waals surface area contributed by atoms with Gasteiger partial charge in [-0.1, -0.05) is 115 Å². The summed E-state index contributed by atoms with van der Waals surface area (Å²) < 4.78 is 11.7. The topological polar surface area (TPSA) is 61.6 Å². The highest BCUT2D eigenvalue weighted by Crippen LogP contribution is 2.18. The second-order valence-corrected chi connectivity index (χ2v) is 11.0. The zero-order valence-corrected chi connectivity index (χ0v) is 23.1. The van der Waals surface area contributed by atoms with Crippen molar-refractivity contribution in [1.82, 2.24) is 0 Å². The van der Waals surface area contributed by atoms with Crippen molar-refractivity contribution in [2.45, 2.75) is 103 Å². The smallest absolute Gasteiger partial charge is 0.274 e. The number of hydrogen-bond acceptors (Lipinski definition) is 4. The van der Waals surface area contributed by atoms with E-state index in [9.17, 15) is 10.1 Å². The molecule has 2 aromatic carbocycles. The van der Waals surface area contributed by atoms with Gasteiger partial charge in [0.25, 0.3) is 5.69 Å². The maximum atomic E-state index is 11.1. The summed E-state index contributed by atoms with van der Waals surface area (Å²) in [5.41, 5.74) is 0.742. The number of nitrogens with zero attached hydrogens (tertiary/aromatic N) is 1. The number of benzene rings is 2. The zero-order chi connectivity index (χ0) is 25.0. The van der Waals surface area contributed by atoms with Crippen molar-refractivity contribution in [3.05, 3.63) is 64.2 Å². The third-order valence-corrected chi connectivity index (χ3v) is 7.62. The number of unbranched alkanes of at least 4 members (excludes halogenated alkanes) is 13. The quantitative estimate of drug-likeness (QED) is 0.0778. The highest BCUT2D eigenvalue weighted by Gasteiger charge is 2.12. The largest absolute Gasteiger partial charge is 0.494 e. The average Bonchev–Trinajstić information content (AvgIpc) is 2.87. The number of nitro benzene ring substituents is 1. The Balaban J connectivity index is 1.44. The molecule has 0 saturated carbocycles. The summed E-state index contributed by atoms with van der Waals surface area (Å²) in [6.45, 7) is 3.32. The highest BCUT2D eigenvalue weighted by atomic mass is 28.2. The van der Waals surface area contributed by atoms with E-state index in [1.807, 2.05) is 24.3 Å². The summed E-state index contributed by atoms with van der Waals surface area (Å²) in [5.74, 6) is 0.899. The summed E-state index contributed by atoms with van der Waals surface area (Å²) in [7, 11) is -0.938.